The molecule has 0 aliphatic carbocycles. The van der Waals surface area contributed by atoms with E-state index in [1.165, 1.54) is 5.56 Å². The highest BCUT2D eigenvalue weighted by atomic mass is 16.5. The number of benzene rings is 1. The van der Waals surface area contributed by atoms with Crippen molar-refractivity contribution < 1.29 is 13.8 Å². The molecular formula is C16H17N5O3. The molecule has 24 heavy (non-hydrogen) atoms. The molecular weight excluding hydrogens is 310 g/mol. The van der Waals surface area contributed by atoms with E-state index in [0.29, 0.717) is 43.3 Å². The van der Waals surface area contributed by atoms with Crippen LogP contribution >= 0.6 is 0 Å². The number of rotatable bonds is 3. The lowest BCUT2D eigenvalue weighted by atomic mass is 10.1. The Hall–Kier alpha value is -2.74. The molecule has 0 saturated carbocycles. The predicted molar refractivity (Wildman–Crippen MR) is 84.4 cm³/mol. The number of anilines is 1. The Bertz CT molecular complexity index is 826. The smallest absolute Gasteiger partial charge is 0.324 e. The second kappa shape index (κ2) is 6.04. The molecule has 4 rings (SSSR count). The molecule has 0 amide bonds. The van der Waals surface area contributed by atoms with Gasteiger partial charge in [0.15, 0.2) is 0 Å². The van der Waals surface area contributed by atoms with E-state index in [1.54, 1.807) is 6.92 Å². The van der Waals surface area contributed by atoms with Gasteiger partial charge >= 0.3 is 6.01 Å². The van der Waals surface area contributed by atoms with Crippen molar-refractivity contribution in [3.8, 4) is 11.4 Å². The van der Waals surface area contributed by atoms with Crippen LogP contribution < -0.4 is 4.90 Å². The molecule has 124 valence electrons. The summed E-state index contributed by atoms with van der Waals surface area (Å²) in [6.45, 7) is 5.53. The maximum Gasteiger partial charge on any atom is 0.324 e. The highest BCUT2D eigenvalue weighted by molar-refractivity contribution is 5.56. The van der Waals surface area contributed by atoms with E-state index in [1.807, 2.05) is 36.1 Å². The van der Waals surface area contributed by atoms with Gasteiger partial charge in [-0.3, -0.25) is 0 Å². The molecule has 2 aromatic heterocycles. The van der Waals surface area contributed by atoms with Crippen LogP contribution in [0.3, 0.4) is 0 Å². The second-order valence-electron chi connectivity index (χ2n) is 5.74. The summed E-state index contributed by atoms with van der Waals surface area (Å²) in [6.07, 6.45) is -0.272. The zero-order valence-electron chi connectivity index (χ0n) is 13.5. The topological polar surface area (TPSA) is 90.3 Å². The largest absolute Gasteiger partial charge is 0.366 e. The predicted octanol–water partition coefficient (Wildman–Crippen LogP) is 2.31. The lowest BCUT2D eigenvalue weighted by molar-refractivity contribution is 0.0306. The van der Waals surface area contributed by atoms with Crippen LogP contribution in [0.1, 0.15) is 23.4 Å². The van der Waals surface area contributed by atoms with Gasteiger partial charge in [-0.2, -0.15) is 9.97 Å². The Kier molecular flexibility index (Phi) is 3.73. The van der Waals surface area contributed by atoms with Gasteiger partial charge in [-0.05, 0) is 6.92 Å². The minimum atomic E-state index is -0.272. The van der Waals surface area contributed by atoms with Crippen molar-refractivity contribution in [1.29, 1.82) is 0 Å². The van der Waals surface area contributed by atoms with Gasteiger partial charge in [0, 0.05) is 19.0 Å². The van der Waals surface area contributed by atoms with Crippen LogP contribution in [0.4, 0.5) is 6.01 Å². The maximum absolute atomic E-state index is 5.72. The lowest BCUT2D eigenvalue weighted by Crippen LogP contribution is -2.39. The summed E-state index contributed by atoms with van der Waals surface area (Å²) in [4.78, 5) is 10.7. The van der Waals surface area contributed by atoms with E-state index in [4.69, 9.17) is 13.8 Å². The number of hydrogen-bond donors (Lipinski definition) is 0. The first kappa shape index (κ1) is 14.8. The van der Waals surface area contributed by atoms with Crippen LogP contribution in [-0.4, -0.2) is 40.0 Å². The maximum atomic E-state index is 5.72. The molecule has 1 saturated heterocycles. The van der Waals surface area contributed by atoms with E-state index in [0.717, 1.165) is 5.56 Å². The summed E-state index contributed by atoms with van der Waals surface area (Å²) >= 11 is 0. The van der Waals surface area contributed by atoms with Crippen LogP contribution in [0, 0.1) is 13.8 Å². The fourth-order valence-corrected chi connectivity index (χ4v) is 2.59. The van der Waals surface area contributed by atoms with Gasteiger partial charge in [0.05, 0.1) is 13.2 Å². The highest BCUT2D eigenvalue weighted by Crippen LogP contribution is 2.25. The van der Waals surface area contributed by atoms with Gasteiger partial charge in [-0.25, -0.2) is 0 Å². The summed E-state index contributed by atoms with van der Waals surface area (Å²) in [5, 5.41) is 8.00. The van der Waals surface area contributed by atoms with E-state index in [9.17, 15) is 0 Å². The molecule has 0 N–H and O–H groups in total. The van der Waals surface area contributed by atoms with Crippen LogP contribution in [0.2, 0.25) is 0 Å². The van der Waals surface area contributed by atoms with Crippen molar-refractivity contribution in [2.75, 3.05) is 24.6 Å². The number of aryl methyl sites for hydroxylation is 2. The molecule has 1 aliphatic rings. The fourth-order valence-electron chi connectivity index (χ4n) is 2.59. The van der Waals surface area contributed by atoms with Crippen LogP contribution in [0.5, 0.6) is 0 Å². The SMILES string of the molecule is Cc1ccc(-c2noc(N3CCO[C@H](c4noc(C)n4)C3)n2)cc1. The lowest BCUT2D eigenvalue weighted by Gasteiger charge is -2.29. The van der Waals surface area contributed by atoms with Crippen molar-refractivity contribution in [2.24, 2.45) is 0 Å². The van der Waals surface area contributed by atoms with Gasteiger partial charge in [0.2, 0.25) is 17.5 Å². The summed E-state index contributed by atoms with van der Waals surface area (Å²) in [5.41, 5.74) is 2.11. The van der Waals surface area contributed by atoms with Gasteiger partial charge in [-0.15, -0.1) is 0 Å². The molecule has 0 radical (unpaired) electrons. The van der Waals surface area contributed by atoms with Crippen molar-refractivity contribution in [3.05, 3.63) is 41.5 Å². The van der Waals surface area contributed by atoms with Crippen molar-refractivity contribution in [1.82, 2.24) is 20.3 Å². The first-order valence-electron chi connectivity index (χ1n) is 7.76. The molecule has 1 aliphatic heterocycles. The number of morpholine rings is 1. The first-order valence-corrected chi connectivity index (χ1v) is 7.76. The summed E-state index contributed by atoms with van der Waals surface area (Å²) in [5.74, 6) is 1.63. The van der Waals surface area contributed by atoms with E-state index >= 15 is 0 Å². The highest BCUT2D eigenvalue weighted by Gasteiger charge is 2.28. The standard InChI is InChI=1S/C16H17N5O3/c1-10-3-5-12(6-4-10)14-18-16(24-19-14)21-7-8-22-13(9-21)15-17-11(2)23-20-15/h3-6,13H,7-9H2,1-2H3/t13-/m0/s1. The Morgan fingerprint density at radius 3 is 2.62 bits per heavy atom. The number of hydrogen-bond acceptors (Lipinski definition) is 8. The average Bonchev–Trinajstić information content (AvgIpc) is 3.25. The summed E-state index contributed by atoms with van der Waals surface area (Å²) in [7, 11) is 0. The zero-order chi connectivity index (χ0) is 16.5. The van der Waals surface area contributed by atoms with Crippen molar-refractivity contribution >= 4 is 6.01 Å². The summed E-state index contributed by atoms with van der Waals surface area (Å²) < 4.78 is 16.2. The van der Waals surface area contributed by atoms with Gasteiger partial charge in [-0.1, -0.05) is 40.1 Å². The van der Waals surface area contributed by atoms with Crippen LogP contribution in [0.25, 0.3) is 11.4 Å². The molecule has 3 heterocycles. The molecule has 1 atom stereocenters. The van der Waals surface area contributed by atoms with Crippen LogP contribution in [0.15, 0.2) is 33.3 Å². The van der Waals surface area contributed by atoms with Gasteiger partial charge in [0.25, 0.3) is 0 Å². The normalized spacial score (nSPS) is 18.1. The molecule has 1 fully saturated rings. The van der Waals surface area contributed by atoms with Gasteiger partial charge in [0.1, 0.15) is 6.10 Å². The second-order valence-corrected chi connectivity index (χ2v) is 5.74. The molecule has 0 unspecified atom stereocenters. The molecule has 3 aromatic rings. The van der Waals surface area contributed by atoms with Crippen molar-refractivity contribution in [3.63, 3.8) is 0 Å². The third kappa shape index (κ3) is 2.88. The Morgan fingerprint density at radius 2 is 1.88 bits per heavy atom. The fraction of sp³-hybridized carbons (Fsp3) is 0.375. The summed E-state index contributed by atoms with van der Waals surface area (Å²) in [6, 6.07) is 8.48. The minimum absolute atomic E-state index is 0.272. The quantitative estimate of drug-likeness (QED) is 0.724. The Morgan fingerprint density at radius 1 is 1.04 bits per heavy atom. The van der Waals surface area contributed by atoms with Crippen molar-refractivity contribution in [2.45, 2.75) is 20.0 Å². The van der Waals surface area contributed by atoms with Crippen LogP contribution in [-0.2, 0) is 4.74 Å². The van der Waals surface area contributed by atoms with E-state index in [-0.39, 0.29) is 6.10 Å². The number of aromatic nitrogens is 4. The third-order valence-corrected chi connectivity index (χ3v) is 3.89. The number of nitrogens with zero attached hydrogens (tertiary/aromatic N) is 5. The molecule has 1 aromatic carbocycles. The monoisotopic (exact) mass is 327 g/mol. The zero-order valence-corrected chi connectivity index (χ0v) is 13.5. The number of ether oxygens (including phenoxy) is 1. The Labute approximate surface area is 138 Å². The van der Waals surface area contributed by atoms with E-state index in [2.05, 4.69) is 20.3 Å². The minimum Gasteiger partial charge on any atom is -0.366 e. The molecule has 8 nitrogen and oxygen atoms in total. The Balaban J connectivity index is 1.52. The van der Waals surface area contributed by atoms with Gasteiger partial charge < -0.3 is 18.7 Å². The molecule has 0 spiro atoms. The van der Waals surface area contributed by atoms with E-state index < -0.39 is 0 Å². The molecule has 8 heteroatoms. The first-order chi connectivity index (χ1) is 11.7. The average molecular weight is 327 g/mol. The molecule has 0 bridgehead atoms. The third-order valence-electron chi connectivity index (χ3n) is 3.89.